The van der Waals surface area contributed by atoms with Gasteiger partial charge in [0.05, 0.1) is 15.7 Å². The minimum absolute atomic E-state index is 0.509. The van der Waals surface area contributed by atoms with E-state index in [-0.39, 0.29) is 0 Å². The van der Waals surface area contributed by atoms with Crippen molar-refractivity contribution < 1.29 is 0 Å². The van der Waals surface area contributed by atoms with Crippen LogP contribution in [0.1, 0.15) is 5.69 Å². The van der Waals surface area contributed by atoms with E-state index in [1.165, 1.54) is 0 Å². The molecule has 0 radical (unpaired) electrons. The Morgan fingerprint density at radius 1 is 1.18 bits per heavy atom. The lowest BCUT2D eigenvalue weighted by atomic mass is 10.1. The summed E-state index contributed by atoms with van der Waals surface area (Å²) in [6.45, 7) is 1.91. The third kappa shape index (κ3) is 2.51. The minimum Gasteiger partial charge on any atom is -0.357 e. The summed E-state index contributed by atoms with van der Waals surface area (Å²) in [6.07, 6.45) is 0. The van der Waals surface area contributed by atoms with Crippen LogP contribution in [0.3, 0.4) is 0 Å². The largest absolute Gasteiger partial charge is 0.357 e. The Bertz CT molecular complexity index is 555. The predicted octanol–water partition coefficient (Wildman–Crippen LogP) is 3.80. The molecule has 3 nitrogen and oxygen atoms in total. The Balaban J connectivity index is 2.60. The van der Waals surface area contributed by atoms with E-state index >= 15 is 0 Å². The van der Waals surface area contributed by atoms with Crippen LogP contribution in [0.25, 0.3) is 11.3 Å². The second-order valence-electron chi connectivity index (χ2n) is 3.57. The molecule has 1 aromatic carbocycles. The summed E-state index contributed by atoms with van der Waals surface area (Å²) in [7, 11) is 1.78. The van der Waals surface area contributed by atoms with Crippen LogP contribution in [0, 0.1) is 6.92 Å². The molecule has 2 rings (SSSR count). The molecule has 17 heavy (non-hydrogen) atoms. The first-order chi connectivity index (χ1) is 8.11. The Morgan fingerprint density at radius 3 is 2.65 bits per heavy atom. The molecule has 0 bridgehead atoms. The molecular weight excluding hydrogens is 257 g/mol. The summed E-state index contributed by atoms with van der Waals surface area (Å²) in [5, 5.41) is 3.94. The summed E-state index contributed by atoms with van der Waals surface area (Å²) >= 11 is 12.1. The average Bonchev–Trinajstić information content (AvgIpc) is 2.31. The highest BCUT2D eigenvalue weighted by Gasteiger charge is 2.09. The molecule has 5 heteroatoms. The molecule has 88 valence electrons. The van der Waals surface area contributed by atoms with Crippen LogP contribution in [0.2, 0.25) is 10.0 Å². The molecule has 1 heterocycles. The Hall–Kier alpha value is -1.32. The SMILES string of the molecule is CNc1nc(C)cc(-c2cccc(Cl)c2Cl)n1. The highest BCUT2D eigenvalue weighted by molar-refractivity contribution is 6.43. The number of hydrogen-bond acceptors (Lipinski definition) is 3. The van der Waals surface area contributed by atoms with Crippen molar-refractivity contribution in [2.75, 3.05) is 12.4 Å². The van der Waals surface area contributed by atoms with Gasteiger partial charge in [0, 0.05) is 18.3 Å². The molecular formula is C12H11Cl2N3. The van der Waals surface area contributed by atoms with E-state index in [4.69, 9.17) is 23.2 Å². The lowest BCUT2D eigenvalue weighted by molar-refractivity contribution is 1.10. The van der Waals surface area contributed by atoms with Crippen molar-refractivity contribution in [1.82, 2.24) is 9.97 Å². The number of nitrogens with one attached hydrogen (secondary N) is 1. The van der Waals surface area contributed by atoms with Gasteiger partial charge >= 0.3 is 0 Å². The third-order valence-electron chi connectivity index (χ3n) is 2.31. The summed E-state index contributed by atoms with van der Waals surface area (Å²) < 4.78 is 0. The number of aryl methyl sites for hydroxylation is 1. The van der Waals surface area contributed by atoms with E-state index in [0.717, 1.165) is 17.0 Å². The summed E-state index contributed by atoms with van der Waals surface area (Å²) in [4.78, 5) is 8.59. The Kier molecular flexibility index (Phi) is 3.50. The molecule has 0 fully saturated rings. The van der Waals surface area contributed by atoms with Gasteiger partial charge in [0.25, 0.3) is 0 Å². The molecule has 1 aromatic heterocycles. The van der Waals surface area contributed by atoms with E-state index in [0.29, 0.717) is 16.0 Å². The van der Waals surface area contributed by atoms with E-state index in [1.807, 2.05) is 25.1 Å². The minimum atomic E-state index is 0.509. The summed E-state index contributed by atoms with van der Waals surface area (Å²) in [6, 6.07) is 7.36. The number of nitrogens with zero attached hydrogens (tertiary/aromatic N) is 2. The number of aromatic nitrogens is 2. The van der Waals surface area contributed by atoms with Crippen molar-refractivity contribution in [2.24, 2.45) is 0 Å². The van der Waals surface area contributed by atoms with E-state index in [1.54, 1.807) is 13.1 Å². The van der Waals surface area contributed by atoms with Crippen LogP contribution in [0.5, 0.6) is 0 Å². The zero-order chi connectivity index (χ0) is 12.4. The van der Waals surface area contributed by atoms with Crippen LogP contribution < -0.4 is 5.32 Å². The Morgan fingerprint density at radius 2 is 1.94 bits per heavy atom. The van der Waals surface area contributed by atoms with Crippen molar-refractivity contribution in [3.8, 4) is 11.3 Å². The lowest BCUT2D eigenvalue weighted by Crippen LogP contribution is -1.99. The van der Waals surface area contributed by atoms with Gasteiger partial charge in [-0.3, -0.25) is 0 Å². The molecule has 0 saturated heterocycles. The smallest absolute Gasteiger partial charge is 0.223 e. The molecule has 0 unspecified atom stereocenters. The van der Waals surface area contributed by atoms with Gasteiger partial charge in [-0.2, -0.15) is 0 Å². The first-order valence-electron chi connectivity index (χ1n) is 5.09. The lowest BCUT2D eigenvalue weighted by Gasteiger charge is -2.07. The van der Waals surface area contributed by atoms with Gasteiger partial charge in [0.1, 0.15) is 0 Å². The standard InChI is InChI=1S/C12H11Cl2N3/c1-7-6-10(17-12(15-2)16-7)8-4-3-5-9(13)11(8)14/h3-6H,1-2H3,(H,15,16,17). The van der Waals surface area contributed by atoms with Crippen molar-refractivity contribution in [1.29, 1.82) is 0 Å². The van der Waals surface area contributed by atoms with Crippen LogP contribution in [-0.4, -0.2) is 17.0 Å². The summed E-state index contributed by atoms with van der Waals surface area (Å²) in [5.41, 5.74) is 2.44. The topological polar surface area (TPSA) is 37.8 Å². The predicted molar refractivity (Wildman–Crippen MR) is 71.8 cm³/mol. The van der Waals surface area contributed by atoms with Crippen molar-refractivity contribution in [3.05, 3.63) is 40.0 Å². The van der Waals surface area contributed by atoms with Crippen molar-refractivity contribution in [3.63, 3.8) is 0 Å². The molecule has 0 atom stereocenters. The number of anilines is 1. The quantitative estimate of drug-likeness (QED) is 0.900. The van der Waals surface area contributed by atoms with Gasteiger partial charge in [0.15, 0.2) is 0 Å². The van der Waals surface area contributed by atoms with E-state index in [9.17, 15) is 0 Å². The second-order valence-corrected chi connectivity index (χ2v) is 4.35. The van der Waals surface area contributed by atoms with Gasteiger partial charge in [0.2, 0.25) is 5.95 Å². The molecule has 0 aliphatic rings. The fourth-order valence-electron chi connectivity index (χ4n) is 1.52. The zero-order valence-electron chi connectivity index (χ0n) is 9.46. The number of rotatable bonds is 2. The maximum absolute atomic E-state index is 6.16. The maximum atomic E-state index is 6.16. The van der Waals surface area contributed by atoms with E-state index < -0.39 is 0 Å². The van der Waals surface area contributed by atoms with Gasteiger partial charge in [-0.05, 0) is 19.1 Å². The monoisotopic (exact) mass is 267 g/mol. The molecule has 1 N–H and O–H groups in total. The van der Waals surface area contributed by atoms with Crippen LogP contribution >= 0.6 is 23.2 Å². The van der Waals surface area contributed by atoms with Gasteiger partial charge in [-0.15, -0.1) is 0 Å². The third-order valence-corrected chi connectivity index (χ3v) is 3.12. The fraction of sp³-hybridized carbons (Fsp3) is 0.167. The van der Waals surface area contributed by atoms with Crippen LogP contribution in [0.4, 0.5) is 5.95 Å². The van der Waals surface area contributed by atoms with Gasteiger partial charge in [-0.1, -0.05) is 35.3 Å². The molecule has 0 spiro atoms. The highest BCUT2D eigenvalue weighted by atomic mass is 35.5. The molecule has 0 saturated carbocycles. The molecule has 2 aromatic rings. The number of hydrogen-bond donors (Lipinski definition) is 1. The average molecular weight is 268 g/mol. The number of halogens is 2. The van der Waals surface area contributed by atoms with Gasteiger partial charge in [-0.25, -0.2) is 9.97 Å². The van der Waals surface area contributed by atoms with Crippen molar-refractivity contribution in [2.45, 2.75) is 6.92 Å². The molecule has 0 aliphatic heterocycles. The second kappa shape index (κ2) is 4.90. The molecule has 0 amide bonds. The highest BCUT2D eigenvalue weighted by Crippen LogP contribution is 2.32. The zero-order valence-corrected chi connectivity index (χ0v) is 11.0. The number of benzene rings is 1. The molecule has 0 aliphatic carbocycles. The van der Waals surface area contributed by atoms with Crippen LogP contribution in [-0.2, 0) is 0 Å². The Labute approximate surface area is 110 Å². The maximum Gasteiger partial charge on any atom is 0.223 e. The fourth-order valence-corrected chi connectivity index (χ4v) is 1.92. The first kappa shape index (κ1) is 12.1. The normalized spacial score (nSPS) is 10.4. The van der Waals surface area contributed by atoms with Crippen molar-refractivity contribution >= 4 is 29.2 Å². The first-order valence-corrected chi connectivity index (χ1v) is 5.85. The van der Waals surface area contributed by atoms with Gasteiger partial charge < -0.3 is 5.32 Å². The van der Waals surface area contributed by atoms with Crippen LogP contribution in [0.15, 0.2) is 24.3 Å². The summed E-state index contributed by atoms with van der Waals surface area (Å²) in [5.74, 6) is 0.566. The van der Waals surface area contributed by atoms with E-state index in [2.05, 4.69) is 15.3 Å².